The fourth-order valence-electron chi connectivity index (χ4n) is 1.79. The summed E-state index contributed by atoms with van der Waals surface area (Å²) in [5, 5.41) is 4.35. The van der Waals surface area contributed by atoms with Crippen molar-refractivity contribution in [3.63, 3.8) is 0 Å². The van der Waals surface area contributed by atoms with Crippen molar-refractivity contribution in [3.8, 4) is 11.3 Å². The van der Waals surface area contributed by atoms with Crippen molar-refractivity contribution in [2.75, 3.05) is 0 Å². The van der Waals surface area contributed by atoms with Gasteiger partial charge in [0.15, 0.2) is 0 Å². The molecule has 0 aliphatic rings. The van der Waals surface area contributed by atoms with Crippen molar-refractivity contribution >= 4 is 0 Å². The Morgan fingerprint density at radius 1 is 1.20 bits per heavy atom. The zero-order chi connectivity index (χ0) is 10.8. The summed E-state index contributed by atoms with van der Waals surface area (Å²) in [7, 11) is 1.98. The molecule has 15 heavy (non-hydrogen) atoms. The summed E-state index contributed by atoms with van der Waals surface area (Å²) in [6.45, 7) is 4.19. The molecule has 2 nitrogen and oxygen atoms in total. The average molecular weight is 200 g/mol. The van der Waals surface area contributed by atoms with Crippen molar-refractivity contribution in [1.82, 2.24) is 9.78 Å². The van der Waals surface area contributed by atoms with Crippen LogP contribution in [-0.2, 0) is 13.5 Å². The normalized spacial score (nSPS) is 10.6. The second-order valence-electron chi connectivity index (χ2n) is 3.85. The van der Waals surface area contributed by atoms with E-state index in [4.69, 9.17) is 0 Å². The van der Waals surface area contributed by atoms with Crippen LogP contribution in [-0.4, -0.2) is 9.78 Å². The standard InChI is InChI=1S/C13H16N2/c1-4-11-5-7-12(8-6-11)13-9-10(2)14-15(13)3/h5-9H,4H2,1-3H3. The molecule has 2 heteroatoms. The maximum atomic E-state index is 4.35. The lowest BCUT2D eigenvalue weighted by molar-refractivity contribution is 0.764. The quantitative estimate of drug-likeness (QED) is 0.728. The molecule has 2 rings (SSSR count). The molecule has 0 unspecified atom stereocenters. The molecular weight excluding hydrogens is 184 g/mol. The molecule has 0 saturated heterocycles. The van der Waals surface area contributed by atoms with Crippen LogP contribution in [0.2, 0.25) is 0 Å². The van der Waals surface area contributed by atoms with Gasteiger partial charge in [0.1, 0.15) is 0 Å². The van der Waals surface area contributed by atoms with E-state index in [0.717, 1.165) is 12.1 Å². The van der Waals surface area contributed by atoms with Gasteiger partial charge in [0.2, 0.25) is 0 Å². The summed E-state index contributed by atoms with van der Waals surface area (Å²) in [6, 6.07) is 10.8. The van der Waals surface area contributed by atoms with Gasteiger partial charge >= 0.3 is 0 Å². The first-order valence-corrected chi connectivity index (χ1v) is 5.30. The molecular formula is C13H16N2. The maximum Gasteiger partial charge on any atom is 0.0681 e. The molecule has 1 heterocycles. The first-order valence-electron chi connectivity index (χ1n) is 5.30. The largest absolute Gasteiger partial charge is 0.268 e. The lowest BCUT2D eigenvalue weighted by atomic mass is 10.1. The monoisotopic (exact) mass is 200 g/mol. The molecule has 0 radical (unpaired) electrons. The molecule has 0 spiro atoms. The van der Waals surface area contributed by atoms with E-state index in [0.29, 0.717) is 0 Å². The molecule has 1 aromatic heterocycles. The highest BCUT2D eigenvalue weighted by Crippen LogP contribution is 2.20. The third-order valence-corrected chi connectivity index (χ3v) is 2.66. The van der Waals surface area contributed by atoms with Crippen molar-refractivity contribution in [3.05, 3.63) is 41.6 Å². The lowest BCUT2D eigenvalue weighted by Crippen LogP contribution is -1.93. The molecule has 0 bridgehead atoms. The third-order valence-electron chi connectivity index (χ3n) is 2.66. The molecule has 0 amide bonds. The molecule has 0 N–H and O–H groups in total. The van der Waals surface area contributed by atoms with Crippen molar-refractivity contribution in [2.24, 2.45) is 7.05 Å². The van der Waals surface area contributed by atoms with Gasteiger partial charge in [0.05, 0.1) is 11.4 Å². The highest BCUT2D eigenvalue weighted by molar-refractivity contribution is 5.60. The molecule has 0 aliphatic heterocycles. The minimum absolute atomic E-state index is 1.06. The highest BCUT2D eigenvalue weighted by Gasteiger charge is 2.04. The van der Waals surface area contributed by atoms with Crippen LogP contribution >= 0.6 is 0 Å². The second kappa shape index (κ2) is 3.89. The Morgan fingerprint density at radius 2 is 1.87 bits per heavy atom. The van der Waals surface area contributed by atoms with Gasteiger partial charge in [-0.1, -0.05) is 31.2 Å². The number of rotatable bonds is 2. The van der Waals surface area contributed by atoms with Crippen LogP contribution in [0.4, 0.5) is 0 Å². The van der Waals surface area contributed by atoms with Gasteiger partial charge in [-0.2, -0.15) is 5.10 Å². The molecule has 2 aromatic rings. The van der Waals surface area contributed by atoms with Crippen LogP contribution in [0.5, 0.6) is 0 Å². The topological polar surface area (TPSA) is 17.8 Å². The van der Waals surface area contributed by atoms with E-state index in [1.54, 1.807) is 0 Å². The molecule has 0 aliphatic carbocycles. The van der Waals surface area contributed by atoms with Gasteiger partial charge in [0.25, 0.3) is 0 Å². The van der Waals surface area contributed by atoms with Crippen molar-refractivity contribution < 1.29 is 0 Å². The fourth-order valence-corrected chi connectivity index (χ4v) is 1.79. The maximum absolute atomic E-state index is 4.35. The Balaban J connectivity index is 2.41. The number of benzene rings is 1. The SMILES string of the molecule is CCc1ccc(-c2cc(C)nn2C)cc1. The second-order valence-corrected chi connectivity index (χ2v) is 3.85. The van der Waals surface area contributed by atoms with Gasteiger partial charge in [-0.05, 0) is 30.5 Å². The summed E-state index contributed by atoms with van der Waals surface area (Å²) in [4.78, 5) is 0. The minimum atomic E-state index is 1.06. The van der Waals surface area contributed by atoms with Crippen LogP contribution in [0.1, 0.15) is 18.2 Å². The molecule has 1 aromatic carbocycles. The zero-order valence-corrected chi connectivity index (χ0v) is 9.49. The van der Waals surface area contributed by atoms with Crippen LogP contribution in [0.15, 0.2) is 30.3 Å². The average Bonchev–Trinajstić information content (AvgIpc) is 2.58. The van der Waals surface area contributed by atoms with Crippen molar-refractivity contribution in [2.45, 2.75) is 20.3 Å². The van der Waals surface area contributed by atoms with Crippen LogP contribution in [0.25, 0.3) is 11.3 Å². The molecule has 0 fully saturated rings. The number of aryl methyl sites for hydroxylation is 3. The summed E-state index contributed by atoms with van der Waals surface area (Å²) in [6.07, 6.45) is 1.09. The van der Waals surface area contributed by atoms with E-state index in [-0.39, 0.29) is 0 Å². The molecule has 0 atom stereocenters. The first kappa shape index (κ1) is 9.97. The van der Waals surface area contributed by atoms with E-state index in [9.17, 15) is 0 Å². The summed E-state index contributed by atoms with van der Waals surface area (Å²) < 4.78 is 1.93. The third kappa shape index (κ3) is 1.94. The van der Waals surface area contributed by atoms with Gasteiger partial charge in [-0.25, -0.2) is 0 Å². The van der Waals surface area contributed by atoms with Crippen LogP contribution in [0, 0.1) is 6.92 Å². The predicted octanol–water partition coefficient (Wildman–Crippen LogP) is 2.96. The fraction of sp³-hybridized carbons (Fsp3) is 0.308. The number of hydrogen-bond acceptors (Lipinski definition) is 1. The summed E-state index contributed by atoms with van der Waals surface area (Å²) in [5.74, 6) is 0. The smallest absolute Gasteiger partial charge is 0.0681 e. The van der Waals surface area contributed by atoms with E-state index in [1.807, 2.05) is 18.7 Å². The van der Waals surface area contributed by atoms with E-state index in [2.05, 4.69) is 42.4 Å². The van der Waals surface area contributed by atoms with Crippen LogP contribution < -0.4 is 0 Å². The van der Waals surface area contributed by atoms with Gasteiger partial charge < -0.3 is 0 Å². The van der Waals surface area contributed by atoms with Crippen LogP contribution in [0.3, 0.4) is 0 Å². The Labute approximate surface area is 90.6 Å². The Kier molecular flexibility index (Phi) is 2.58. The number of aromatic nitrogens is 2. The minimum Gasteiger partial charge on any atom is -0.268 e. The van der Waals surface area contributed by atoms with Crippen molar-refractivity contribution in [1.29, 1.82) is 0 Å². The molecule has 0 saturated carbocycles. The summed E-state index contributed by atoms with van der Waals surface area (Å²) in [5.41, 5.74) is 4.84. The van der Waals surface area contributed by atoms with Gasteiger partial charge in [-0.3, -0.25) is 4.68 Å². The first-order chi connectivity index (χ1) is 7.20. The zero-order valence-electron chi connectivity index (χ0n) is 9.49. The van der Waals surface area contributed by atoms with E-state index in [1.165, 1.54) is 16.8 Å². The van der Waals surface area contributed by atoms with E-state index < -0.39 is 0 Å². The Hall–Kier alpha value is -1.57. The van der Waals surface area contributed by atoms with Gasteiger partial charge in [0, 0.05) is 7.05 Å². The Bertz CT molecular complexity index is 452. The van der Waals surface area contributed by atoms with E-state index >= 15 is 0 Å². The molecule has 78 valence electrons. The predicted molar refractivity (Wildman–Crippen MR) is 62.8 cm³/mol. The summed E-state index contributed by atoms with van der Waals surface area (Å²) >= 11 is 0. The van der Waals surface area contributed by atoms with Gasteiger partial charge in [-0.15, -0.1) is 0 Å². The lowest BCUT2D eigenvalue weighted by Gasteiger charge is -2.02. The highest BCUT2D eigenvalue weighted by atomic mass is 15.3. The number of nitrogens with zero attached hydrogens (tertiary/aromatic N) is 2. The number of hydrogen-bond donors (Lipinski definition) is 0. The Morgan fingerprint density at radius 3 is 2.33 bits per heavy atom.